The normalized spacial score (nSPS) is 18.4. The Kier molecular flexibility index (Phi) is 8.92. The molecule has 0 aromatic heterocycles. The zero-order valence-corrected chi connectivity index (χ0v) is 25.6. The van der Waals surface area contributed by atoms with Gasteiger partial charge in [-0.2, -0.15) is 0 Å². The maximum atomic E-state index is 13.2. The third-order valence-corrected chi connectivity index (χ3v) is 7.62. The lowest BCUT2D eigenvalue weighted by atomic mass is 9.64. The van der Waals surface area contributed by atoms with Crippen molar-refractivity contribution in [2.45, 2.75) is 25.0 Å². The Balaban J connectivity index is 1.81. The van der Waals surface area contributed by atoms with Gasteiger partial charge in [-0.25, -0.2) is 9.59 Å². The van der Waals surface area contributed by atoms with Gasteiger partial charge in [-0.3, -0.25) is 0 Å². The topological polar surface area (TPSA) is 128 Å². The smallest absolute Gasteiger partial charge is 0.344 e. The van der Waals surface area contributed by atoms with Gasteiger partial charge in [0.25, 0.3) is 5.79 Å². The van der Waals surface area contributed by atoms with Crippen molar-refractivity contribution in [3.63, 3.8) is 0 Å². The van der Waals surface area contributed by atoms with E-state index in [0.717, 1.165) is 5.56 Å². The molecule has 0 saturated carbocycles. The molecule has 2 heterocycles. The van der Waals surface area contributed by atoms with Crippen LogP contribution in [0, 0.1) is 6.92 Å². The number of hydrogen-bond acceptors (Lipinski definition) is 11. The van der Waals surface area contributed by atoms with Crippen LogP contribution in [0.4, 0.5) is 0 Å². The Morgan fingerprint density at radius 1 is 0.956 bits per heavy atom. The number of carbonyl (C=O) groups is 2. The van der Waals surface area contributed by atoms with Crippen LogP contribution in [-0.4, -0.2) is 58.4 Å². The number of benzene rings is 3. The molecule has 0 aliphatic carbocycles. The van der Waals surface area contributed by atoms with Gasteiger partial charge in [-0.15, -0.1) is 0 Å². The van der Waals surface area contributed by atoms with E-state index in [2.05, 4.69) is 0 Å². The molecular formula is C34H34O11. The first kappa shape index (κ1) is 31.3. The predicted octanol–water partition coefficient (Wildman–Crippen LogP) is 4.42. The third-order valence-electron chi connectivity index (χ3n) is 7.62. The molecule has 0 amide bonds. The molecule has 11 nitrogen and oxygen atoms in total. The molecule has 236 valence electrons. The Labute approximate surface area is 260 Å². The largest absolute Gasteiger partial charge is 0.497 e. The van der Waals surface area contributed by atoms with Crippen molar-refractivity contribution in [2.24, 2.45) is 0 Å². The highest BCUT2D eigenvalue weighted by atomic mass is 16.7. The second-order valence-corrected chi connectivity index (χ2v) is 10.2. The van der Waals surface area contributed by atoms with Crippen LogP contribution in [0.5, 0.6) is 23.0 Å². The van der Waals surface area contributed by atoms with E-state index < -0.39 is 29.7 Å². The molecule has 5 rings (SSSR count). The maximum absolute atomic E-state index is 13.2. The lowest BCUT2D eigenvalue weighted by molar-refractivity contribution is -0.187. The number of hydrogen-bond donors (Lipinski definition) is 1. The van der Waals surface area contributed by atoms with Crippen LogP contribution in [0.15, 0.2) is 84.3 Å². The van der Waals surface area contributed by atoms with Crippen LogP contribution in [0.1, 0.15) is 29.2 Å². The summed E-state index contributed by atoms with van der Waals surface area (Å²) in [6.07, 6.45) is 2.68. The summed E-state index contributed by atoms with van der Waals surface area (Å²) in [5.74, 6) is -2.26. The number of esters is 2. The number of rotatable bonds is 12. The van der Waals surface area contributed by atoms with Crippen LogP contribution in [0.2, 0.25) is 0 Å². The predicted molar refractivity (Wildman–Crippen MR) is 160 cm³/mol. The van der Waals surface area contributed by atoms with Crippen molar-refractivity contribution in [1.82, 2.24) is 0 Å². The second kappa shape index (κ2) is 12.8. The SMILES string of the molecule is CCOC(=O)COc1c(OC)cc(C(C2=COCO2)(C2=CC(=O)OC2(O)c2ccc(OC)cc2)c2ccc(C)cc2)cc1OC. The first-order valence-corrected chi connectivity index (χ1v) is 14.1. The van der Waals surface area contributed by atoms with Gasteiger partial charge in [0.1, 0.15) is 17.4 Å². The van der Waals surface area contributed by atoms with Crippen molar-refractivity contribution >= 4 is 11.9 Å². The monoisotopic (exact) mass is 618 g/mol. The maximum Gasteiger partial charge on any atom is 0.344 e. The van der Waals surface area contributed by atoms with Crippen molar-refractivity contribution in [3.05, 3.63) is 107 Å². The minimum atomic E-state index is -2.26. The molecular weight excluding hydrogens is 584 g/mol. The second-order valence-electron chi connectivity index (χ2n) is 10.2. The molecule has 45 heavy (non-hydrogen) atoms. The molecule has 0 spiro atoms. The average molecular weight is 619 g/mol. The van der Waals surface area contributed by atoms with E-state index in [-0.39, 0.29) is 47.5 Å². The number of ether oxygens (including phenoxy) is 8. The van der Waals surface area contributed by atoms with Crippen LogP contribution in [0.25, 0.3) is 0 Å². The quantitative estimate of drug-likeness (QED) is 0.290. The van der Waals surface area contributed by atoms with E-state index >= 15 is 0 Å². The molecule has 3 aromatic carbocycles. The Morgan fingerprint density at radius 3 is 2.18 bits per heavy atom. The summed E-state index contributed by atoms with van der Waals surface area (Å²) < 4.78 is 44.9. The highest BCUT2D eigenvalue weighted by Crippen LogP contribution is 2.57. The minimum Gasteiger partial charge on any atom is -0.497 e. The van der Waals surface area contributed by atoms with Gasteiger partial charge in [0.2, 0.25) is 12.5 Å². The summed E-state index contributed by atoms with van der Waals surface area (Å²) >= 11 is 0. The highest BCUT2D eigenvalue weighted by molar-refractivity contribution is 5.89. The minimum absolute atomic E-state index is 0.110. The summed E-state index contributed by atoms with van der Waals surface area (Å²) in [5, 5.41) is 12.4. The van der Waals surface area contributed by atoms with E-state index in [1.54, 1.807) is 43.3 Å². The fraction of sp³-hybridized carbons (Fsp3) is 0.294. The number of aryl methyl sites for hydroxylation is 1. The molecule has 2 aliphatic rings. The van der Waals surface area contributed by atoms with E-state index in [1.165, 1.54) is 33.7 Å². The van der Waals surface area contributed by atoms with E-state index in [1.807, 2.05) is 31.2 Å². The van der Waals surface area contributed by atoms with Crippen molar-refractivity contribution in [1.29, 1.82) is 0 Å². The first-order valence-electron chi connectivity index (χ1n) is 14.1. The van der Waals surface area contributed by atoms with Gasteiger partial charge < -0.3 is 43.0 Å². The molecule has 11 heteroatoms. The van der Waals surface area contributed by atoms with Gasteiger partial charge in [0, 0.05) is 17.2 Å². The highest BCUT2D eigenvalue weighted by Gasteiger charge is 2.58. The molecule has 3 aromatic rings. The summed E-state index contributed by atoms with van der Waals surface area (Å²) in [6.45, 7) is 3.33. The average Bonchev–Trinajstić information content (AvgIpc) is 3.70. The Bertz CT molecular complexity index is 1600. The van der Waals surface area contributed by atoms with E-state index in [4.69, 9.17) is 37.9 Å². The van der Waals surface area contributed by atoms with Crippen LogP contribution in [0.3, 0.4) is 0 Å². The molecule has 0 bridgehead atoms. The van der Waals surface area contributed by atoms with Crippen LogP contribution < -0.4 is 18.9 Å². The van der Waals surface area contributed by atoms with Gasteiger partial charge in [-0.05, 0) is 61.4 Å². The van der Waals surface area contributed by atoms with Crippen molar-refractivity contribution in [2.75, 3.05) is 41.3 Å². The number of carbonyl (C=O) groups excluding carboxylic acids is 2. The number of methoxy groups -OCH3 is 3. The first-order chi connectivity index (χ1) is 21.7. The fourth-order valence-corrected chi connectivity index (χ4v) is 5.55. The molecule has 1 N–H and O–H groups in total. The van der Waals surface area contributed by atoms with Crippen molar-refractivity contribution in [3.8, 4) is 23.0 Å². The van der Waals surface area contributed by atoms with Gasteiger partial charge >= 0.3 is 11.9 Å². The molecule has 2 unspecified atom stereocenters. The lowest BCUT2D eigenvalue weighted by Gasteiger charge is -2.41. The lowest BCUT2D eigenvalue weighted by Crippen LogP contribution is -2.43. The summed E-state index contributed by atoms with van der Waals surface area (Å²) in [4.78, 5) is 25.3. The summed E-state index contributed by atoms with van der Waals surface area (Å²) in [5.41, 5.74) is 0.856. The molecule has 0 fully saturated rings. The fourth-order valence-electron chi connectivity index (χ4n) is 5.55. The standard InChI is InChI=1S/C34H34O11/c1-6-42-31(36)19-43-32-26(39-4)15-24(16-27(32)40-5)33(29-18-41-20-44-29,22-9-7-21(2)8-10-22)28-17-30(35)45-34(28,37)23-11-13-25(38-3)14-12-23/h7-18,37H,6,19-20H2,1-5H3. The van der Waals surface area contributed by atoms with E-state index in [9.17, 15) is 14.7 Å². The van der Waals surface area contributed by atoms with Crippen LogP contribution >= 0.6 is 0 Å². The zero-order chi connectivity index (χ0) is 32.2. The van der Waals surface area contributed by atoms with Crippen molar-refractivity contribution < 1.29 is 52.6 Å². The van der Waals surface area contributed by atoms with Gasteiger partial charge in [-0.1, -0.05) is 29.8 Å². The van der Waals surface area contributed by atoms with Crippen LogP contribution in [-0.2, 0) is 39.7 Å². The van der Waals surface area contributed by atoms with E-state index in [0.29, 0.717) is 16.9 Å². The molecule has 0 radical (unpaired) electrons. The third kappa shape index (κ3) is 5.62. The number of cyclic esters (lactones) is 1. The number of aliphatic hydroxyl groups is 1. The Morgan fingerprint density at radius 2 is 1.62 bits per heavy atom. The molecule has 2 atom stereocenters. The Hall–Kier alpha value is -5.16. The van der Waals surface area contributed by atoms with Gasteiger partial charge in [0.05, 0.1) is 27.9 Å². The molecule has 0 saturated heterocycles. The number of allylic oxidation sites excluding steroid dienone is 1. The molecule has 2 aliphatic heterocycles. The summed E-state index contributed by atoms with van der Waals surface area (Å²) in [7, 11) is 4.40. The zero-order valence-electron chi connectivity index (χ0n) is 25.6. The van der Waals surface area contributed by atoms with Gasteiger partial charge in [0.15, 0.2) is 23.9 Å². The summed E-state index contributed by atoms with van der Waals surface area (Å²) in [6, 6.07) is 17.4.